The Bertz CT molecular complexity index is 691. The minimum Gasteiger partial charge on any atom is -0.351 e. The maximum absolute atomic E-state index is 12.2. The minimum atomic E-state index is -0.150. The molecule has 0 aliphatic heterocycles. The molecule has 1 aromatic heterocycles. The molecule has 5 heteroatoms. The molecule has 1 saturated carbocycles. The molecule has 1 aliphatic carbocycles. The molecule has 1 aliphatic rings. The maximum atomic E-state index is 12.2. The number of rotatable bonds is 5. The molecule has 0 unspecified atom stereocenters. The fraction of sp³-hybridized carbons (Fsp3) is 0.450. The summed E-state index contributed by atoms with van der Waals surface area (Å²) in [6.45, 7) is 2.54. The fourth-order valence-electron chi connectivity index (χ4n) is 3.23. The third-order valence-electron chi connectivity index (χ3n) is 4.64. The molecule has 5 nitrogen and oxygen atoms in total. The number of benzene rings is 1. The molecule has 2 aromatic rings. The van der Waals surface area contributed by atoms with Crippen LogP contribution in [0, 0.1) is 6.92 Å². The molecule has 25 heavy (non-hydrogen) atoms. The van der Waals surface area contributed by atoms with Crippen molar-refractivity contribution in [2.75, 3.05) is 5.32 Å². The van der Waals surface area contributed by atoms with Gasteiger partial charge < -0.3 is 10.6 Å². The van der Waals surface area contributed by atoms with Crippen LogP contribution >= 0.6 is 0 Å². The summed E-state index contributed by atoms with van der Waals surface area (Å²) in [5, 5.41) is 6.31. The molecule has 3 rings (SSSR count). The van der Waals surface area contributed by atoms with Gasteiger partial charge in [-0.15, -0.1) is 0 Å². The normalized spacial score (nSPS) is 15.4. The van der Waals surface area contributed by atoms with Crippen molar-refractivity contribution in [3.63, 3.8) is 0 Å². The average Bonchev–Trinajstić information content (AvgIpc) is 2.89. The Morgan fingerprint density at radius 3 is 2.52 bits per heavy atom. The summed E-state index contributed by atoms with van der Waals surface area (Å²) in [7, 11) is 0. The highest BCUT2D eigenvalue weighted by atomic mass is 16.1. The molecule has 1 heterocycles. The third-order valence-corrected chi connectivity index (χ3v) is 4.64. The monoisotopic (exact) mass is 338 g/mol. The number of hydrogen-bond acceptors (Lipinski definition) is 4. The third kappa shape index (κ3) is 5.28. The summed E-state index contributed by atoms with van der Waals surface area (Å²) in [5.74, 6) is 0.463. The van der Waals surface area contributed by atoms with Gasteiger partial charge in [-0.25, -0.2) is 9.97 Å². The van der Waals surface area contributed by atoms with Crippen molar-refractivity contribution in [2.45, 2.75) is 58.0 Å². The van der Waals surface area contributed by atoms with Crippen LogP contribution in [0.2, 0.25) is 0 Å². The van der Waals surface area contributed by atoms with Crippen LogP contribution in [0.15, 0.2) is 36.7 Å². The Labute approximate surface area is 149 Å². The van der Waals surface area contributed by atoms with Crippen LogP contribution in [0.25, 0.3) is 0 Å². The van der Waals surface area contributed by atoms with Gasteiger partial charge in [0.05, 0.1) is 5.56 Å². The molecule has 2 N–H and O–H groups in total. The molecule has 0 atom stereocenters. The van der Waals surface area contributed by atoms with Crippen molar-refractivity contribution in [2.24, 2.45) is 0 Å². The van der Waals surface area contributed by atoms with Gasteiger partial charge in [0.15, 0.2) is 0 Å². The summed E-state index contributed by atoms with van der Waals surface area (Å²) in [4.78, 5) is 20.9. The Morgan fingerprint density at radius 2 is 1.84 bits per heavy atom. The second kappa shape index (κ2) is 8.60. The van der Waals surface area contributed by atoms with E-state index in [9.17, 15) is 4.79 Å². The van der Waals surface area contributed by atoms with Gasteiger partial charge in [0.1, 0.15) is 0 Å². The largest absolute Gasteiger partial charge is 0.351 e. The summed E-state index contributed by atoms with van der Waals surface area (Å²) in [5.41, 5.74) is 2.75. The number of carbonyl (C=O) groups excluding carboxylic acids is 1. The average molecular weight is 338 g/mol. The smallest absolute Gasteiger partial charge is 0.254 e. The molecule has 0 bridgehead atoms. The molecular formula is C20H26N4O. The Hall–Kier alpha value is -2.43. The highest BCUT2D eigenvalue weighted by molar-refractivity contribution is 5.93. The molecule has 1 aromatic carbocycles. The Kier molecular flexibility index (Phi) is 5.99. The van der Waals surface area contributed by atoms with E-state index in [2.05, 4.69) is 26.7 Å². The van der Waals surface area contributed by atoms with Gasteiger partial charge in [0, 0.05) is 25.0 Å². The van der Waals surface area contributed by atoms with Gasteiger partial charge >= 0.3 is 0 Å². The minimum absolute atomic E-state index is 0.150. The van der Waals surface area contributed by atoms with E-state index in [1.165, 1.54) is 44.1 Å². The van der Waals surface area contributed by atoms with Crippen molar-refractivity contribution in [1.82, 2.24) is 15.3 Å². The van der Waals surface area contributed by atoms with E-state index in [0.717, 1.165) is 5.56 Å². The van der Waals surface area contributed by atoms with Gasteiger partial charge in [0.2, 0.25) is 5.95 Å². The first-order chi connectivity index (χ1) is 12.2. The zero-order valence-electron chi connectivity index (χ0n) is 14.8. The van der Waals surface area contributed by atoms with E-state index < -0.39 is 0 Å². The van der Waals surface area contributed by atoms with Crippen LogP contribution in [0.4, 0.5) is 5.95 Å². The van der Waals surface area contributed by atoms with E-state index in [0.29, 0.717) is 24.1 Å². The van der Waals surface area contributed by atoms with Crippen LogP contribution < -0.4 is 10.6 Å². The number of aromatic nitrogens is 2. The number of amides is 1. The molecule has 0 saturated heterocycles. The zero-order chi connectivity index (χ0) is 17.5. The number of anilines is 1. The van der Waals surface area contributed by atoms with Crippen molar-refractivity contribution in [1.29, 1.82) is 0 Å². The molecule has 0 radical (unpaired) electrons. The second-order valence-corrected chi connectivity index (χ2v) is 6.80. The van der Waals surface area contributed by atoms with Crippen LogP contribution in [0.3, 0.4) is 0 Å². The standard InChI is InChI=1S/C20H26N4O/c1-15-7-6-8-16(11-15)12-21-19(25)17-13-22-20(23-14-17)24-18-9-4-2-3-5-10-18/h6-8,11,13-14,18H,2-5,9-10,12H2,1H3,(H,21,25)(H,22,23,24). The van der Waals surface area contributed by atoms with E-state index >= 15 is 0 Å². The first-order valence-electron chi connectivity index (χ1n) is 9.13. The zero-order valence-corrected chi connectivity index (χ0v) is 14.8. The van der Waals surface area contributed by atoms with E-state index in [1.54, 1.807) is 12.4 Å². The summed E-state index contributed by atoms with van der Waals surface area (Å²) < 4.78 is 0. The van der Waals surface area contributed by atoms with Crippen molar-refractivity contribution >= 4 is 11.9 Å². The first kappa shape index (κ1) is 17.4. The maximum Gasteiger partial charge on any atom is 0.254 e. The topological polar surface area (TPSA) is 66.9 Å². The van der Waals surface area contributed by atoms with Crippen molar-refractivity contribution in [3.05, 3.63) is 53.3 Å². The molecule has 1 amide bonds. The van der Waals surface area contributed by atoms with Gasteiger partial charge in [0.25, 0.3) is 5.91 Å². The Balaban J connectivity index is 1.53. The van der Waals surface area contributed by atoms with Crippen molar-refractivity contribution < 1.29 is 4.79 Å². The fourth-order valence-corrected chi connectivity index (χ4v) is 3.23. The SMILES string of the molecule is Cc1cccc(CNC(=O)c2cnc(NC3CCCCCC3)nc2)c1. The predicted octanol–water partition coefficient (Wildman–Crippen LogP) is 3.85. The number of aryl methyl sites for hydroxylation is 1. The van der Waals surface area contributed by atoms with Gasteiger partial charge in [-0.05, 0) is 25.3 Å². The van der Waals surface area contributed by atoms with Crippen LogP contribution in [0.1, 0.15) is 60.0 Å². The highest BCUT2D eigenvalue weighted by Gasteiger charge is 2.13. The molecular weight excluding hydrogens is 312 g/mol. The second-order valence-electron chi connectivity index (χ2n) is 6.80. The molecule has 132 valence electrons. The van der Waals surface area contributed by atoms with Gasteiger partial charge in [-0.3, -0.25) is 4.79 Å². The van der Waals surface area contributed by atoms with E-state index in [1.807, 2.05) is 25.1 Å². The highest BCUT2D eigenvalue weighted by Crippen LogP contribution is 2.19. The summed E-state index contributed by atoms with van der Waals surface area (Å²) in [6.07, 6.45) is 10.7. The lowest BCUT2D eigenvalue weighted by atomic mass is 10.1. The van der Waals surface area contributed by atoms with Crippen LogP contribution in [0.5, 0.6) is 0 Å². The summed E-state index contributed by atoms with van der Waals surface area (Å²) >= 11 is 0. The molecule has 0 spiro atoms. The van der Waals surface area contributed by atoms with Gasteiger partial charge in [-0.1, -0.05) is 55.5 Å². The lowest BCUT2D eigenvalue weighted by molar-refractivity contribution is 0.0950. The number of nitrogens with one attached hydrogen (secondary N) is 2. The number of hydrogen-bond donors (Lipinski definition) is 2. The molecule has 1 fully saturated rings. The lowest BCUT2D eigenvalue weighted by Crippen LogP contribution is -2.24. The number of nitrogens with zero attached hydrogens (tertiary/aromatic N) is 2. The quantitative estimate of drug-likeness (QED) is 0.813. The Morgan fingerprint density at radius 1 is 1.12 bits per heavy atom. The predicted molar refractivity (Wildman–Crippen MR) is 99.5 cm³/mol. The van der Waals surface area contributed by atoms with Crippen LogP contribution in [-0.4, -0.2) is 21.9 Å². The first-order valence-corrected chi connectivity index (χ1v) is 9.13. The summed E-state index contributed by atoms with van der Waals surface area (Å²) in [6, 6.07) is 8.55. The van der Waals surface area contributed by atoms with E-state index in [-0.39, 0.29) is 5.91 Å². The van der Waals surface area contributed by atoms with E-state index in [4.69, 9.17) is 0 Å². The van der Waals surface area contributed by atoms with Crippen molar-refractivity contribution in [3.8, 4) is 0 Å². The lowest BCUT2D eigenvalue weighted by Gasteiger charge is -2.15. The van der Waals surface area contributed by atoms with Crippen LogP contribution in [-0.2, 0) is 6.54 Å². The number of carbonyl (C=O) groups is 1. The van der Waals surface area contributed by atoms with Gasteiger partial charge in [-0.2, -0.15) is 0 Å².